The third-order valence-electron chi connectivity index (χ3n) is 3.71. The first-order valence-corrected chi connectivity index (χ1v) is 9.06. The second kappa shape index (κ2) is 6.34. The van der Waals surface area contributed by atoms with Crippen molar-refractivity contribution in [1.82, 2.24) is 10.2 Å². The minimum atomic E-state index is -3.36. The molecular weight excluding hydrogens is 312 g/mol. The van der Waals surface area contributed by atoms with E-state index in [0.717, 1.165) is 19.1 Å². The van der Waals surface area contributed by atoms with Gasteiger partial charge in [-0.1, -0.05) is 11.6 Å². The van der Waals surface area contributed by atoms with E-state index in [9.17, 15) is 13.2 Å². The van der Waals surface area contributed by atoms with Crippen LogP contribution in [0.2, 0.25) is 5.02 Å². The topological polar surface area (TPSA) is 66.5 Å². The van der Waals surface area contributed by atoms with Gasteiger partial charge < -0.3 is 10.2 Å². The Morgan fingerprint density at radius 3 is 2.76 bits per heavy atom. The maximum Gasteiger partial charge on any atom is 0.255 e. The van der Waals surface area contributed by atoms with E-state index in [-0.39, 0.29) is 27.4 Å². The van der Waals surface area contributed by atoms with E-state index in [1.165, 1.54) is 18.2 Å². The molecule has 1 fully saturated rings. The van der Waals surface area contributed by atoms with Gasteiger partial charge in [0, 0.05) is 25.4 Å². The number of amides is 1. The molecule has 0 spiro atoms. The second-order valence-electron chi connectivity index (χ2n) is 5.29. The summed E-state index contributed by atoms with van der Waals surface area (Å²) in [4.78, 5) is 14.4. The van der Waals surface area contributed by atoms with Gasteiger partial charge in [-0.2, -0.15) is 0 Å². The van der Waals surface area contributed by atoms with E-state index in [0.29, 0.717) is 13.1 Å². The lowest BCUT2D eigenvalue weighted by molar-refractivity contribution is 0.0698. The van der Waals surface area contributed by atoms with Crippen molar-refractivity contribution < 1.29 is 13.2 Å². The molecule has 0 aliphatic carbocycles. The molecule has 1 atom stereocenters. The van der Waals surface area contributed by atoms with Crippen molar-refractivity contribution in [2.24, 2.45) is 0 Å². The summed E-state index contributed by atoms with van der Waals surface area (Å²) in [5.41, 5.74) is 0.247. The lowest BCUT2D eigenvalue weighted by atomic mass is 10.0. The van der Waals surface area contributed by atoms with Crippen LogP contribution < -0.4 is 5.32 Å². The van der Waals surface area contributed by atoms with Gasteiger partial charge in [0.05, 0.1) is 15.5 Å². The second-order valence-corrected chi connectivity index (χ2v) is 7.72. The molecule has 0 aromatic heterocycles. The van der Waals surface area contributed by atoms with Gasteiger partial charge >= 0.3 is 0 Å². The van der Waals surface area contributed by atoms with Gasteiger partial charge in [0.25, 0.3) is 5.91 Å². The summed E-state index contributed by atoms with van der Waals surface area (Å²) in [6.45, 7) is 1.27. The Hall–Kier alpha value is -1.11. The molecule has 1 aromatic carbocycles. The summed E-state index contributed by atoms with van der Waals surface area (Å²) < 4.78 is 23.2. The molecule has 5 nitrogen and oxygen atoms in total. The molecule has 1 amide bonds. The predicted molar refractivity (Wildman–Crippen MR) is 82.5 cm³/mol. The smallest absolute Gasteiger partial charge is 0.255 e. The summed E-state index contributed by atoms with van der Waals surface area (Å²) in [5.74, 6) is -0.217. The van der Waals surface area contributed by atoms with Gasteiger partial charge in [-0.25, -0.2) is 8.42 Å². The van der Waals surface area contributed by atoms with Crippen LogP contribution in [0.3, 0.4) is 0 Å². The van der Waals surface area contributed by atoms with Crippen molar-refractivity contribution in [3.8, 4) is 0 Å². The molecule has 1 saturated heterocycles. The zero-order valence-electron chi connectivity index (χ0n) is 12.1. The largest absolute Gasteiger partial charge is 0.337 e. The number of halogens is 1. The quantitative estimate of drug-likeness (QED) is 0.913. The number of likely N-dealkylation sites (N-methyl/N-ethyl adjacent to an activating group) is 1. The normalized spacial score (nSPS) is 19.6. The Morgan fingerprint density at radius 2 is 2.14 bits per heavy atom. The number of piperidine rings is 1. The lowest BCUT2D eigenvalue weighted by Crippen LogP contribution is -2.47. The summed E-state index contributed by atoms with van der Waals surface area (Å²) in [6, 6.07) is 4.51. The van der Waals surface area contributed by atoms with Crippen LogP contribution in [0.4, 0.5) is 0 Å². The number of sulfone groups is 1. The molecule has 0 unspecified atom stereocenters. The molecule has 1 heterocycles. The molecule has 7 heteroatoms. The van der Waals surface area contributed by atoms with E-state index in [2.05, 4.69) is 5.32 Å². The number of hydrogen-bond acceptors (Lipinski definition) is 4. The average Bonchev–Trinajstić information content (AvgIpc) is 2.46. The fourth-order valence-electron chi connectivity index (χ4n) is 2.47. The standard InChI is InChI=1S/C14H19ClN2O3S/c1-16-10-4-3-7-17(9-10)14(18)12-8-11(21(2,19)20)5-6-13(12)15/h5-6,8,10,16H,3-4,7,9H2,1-2H3/t10-/m0/s1. The van der Waals surface area contributed by atoms with Crippen molar-refractivity contribution in [2.75, 3.05) is 26.4 Å². The zero-order valence-corrected chi connectivity index (χ0v) is 13.7. The maximum absolute atomic E-state index is 12.6. The molecule has 1 aromatic rings. The Morgan fingerprint density at radius 1 is 1.43 bits per heavy atom. The summed E-state index contributed by atoms with van der Waals surface area (Å²) in [6.07, 6.45) is 3.06. The molecule has 1 N–H and O–H groups in total. The fraction of sp³-hybridized carbons (Fsp3) is 0.500. The fourth-order valence-corrected chi connectivity index (χ4v) is 3.31. The highest BCUT2D eigenvalue weighted by Crippen LogP contribution is 2.23. The lowest BCUT2D eigenvalue weighted by Gasteiger charge is -2.32. The van der Waals surface area contributed by atoms with Crippen molar-refractivity contribution >= 4 is 27.3 Å². The Kier molecular flexibility index (Phi) is 4.91. The Labute approximate surface area is 130 Å². The van der Waals surface area contributed by atoms with Crippen molar-refractivity contribution in [2.45, 2.75) is 23.8 Å². The number of nitrogens with one attached hydrogen (secondary N) is 1. The first-order chi connectivity index (χ1) is 9.82. The predicted octanol–water partition coefficient (Wildman–Crippen LogP) is 1.57. The molecule has 0 saturated carbocycles. The summed E-state index contributed by atoms with van der Waals surface area (Å²) in [5, 5.41) is 3.44. The third-order valence-corrected chi connectivity index (χ3v) is 5.15. The summed E-state index contributed by atoms with van der Waals surface area (Å²) >= 11 is 6.07. The monoisotopic (exact) mass is 330 g/mol. The molecule has 1 aliphatic heterocycles. The van der Waals surface area contributed by atoms with Crippen LogP contribution in [0.15, 0.2) is 23.1 Å². The maximum atomic E-state index is 12.6. The van der Waals surface area contributed by atoms with Crippen molar-refractivity contribution in [1.29, 1.82) is 0 Å². The summed E-state index contributed by atoms with van der Waals surface area (Å²) in [7, 11) is -1.49. The molecular formula is C14H19ClN2O3S. The van der Waals surface area contributed by atoms with Crippen LogP contribution in [0.1, 0.15) is 23.2 Å². The number of benzene rings is 1. The number of carbonyl (C=O) groups excluding carboxylic acids is 1. The molecule has 0 radical (unpaired) electrons. The van der Waals surface area contributed by atoms with Crippen LogP contribution in [0.25, 0.3) is 0 Å². The SMILES string of the molecule is CN[C@H]1CCCN(C(=O)c2cc(S(C)(=O)=O)ccc2Cl)C1. The van der Waals surface area contributed by atoms with Crippen LogP contribution in [-0.4, -0.2) is 51.7 Å². The van der Waals surface area contributed by atoms with Crippen LogP contribution in [0.5, 0.6) is 0 Å². The van der Waals surface area contributed by atoms with Crippen molar-refractivity contribution in [3.63, 3.8) is 0 Å². The van der Waals surface area contributed by atoms with E-state index in [4.69, 9.17) is 11.6 Å². The molecule has 2 rings (SSSR count). The molecule has 21 heavy (non-hydrogen) atoms. The minimum Gasteiger partial charge on any atom is -0.337 e. The van der Waals surface area contributed by atoms with E-state index < -0.39 is 9.84 Å². The van der Waals surface area contributed by atoms with Gasteiger partial charge in [-0.3, -0.25) is 4.79 Å². The number of rotatable bonds is 3. The Balaban J connectivity index is 2.30. The van der Waals surface area contributed by atoms with Crippen LogP contribution in [0, 0.1) is 0 Å². The number of hydrogen-bond donors (Lipinski definition) is 1. The number of nitrogens with zero attached hydrogens (tertiary/aromatic N) is 1. The Bertz CT molecular complexity index is 646. The average molecular weight is 331 g/mol. The highest BCUT2D eigenvalue weighted by Gasteiger charge is 2.25. The van der Waals surface area contributed by atoms with E-state index in [1.54, 1.807) is 4.90 Å². The first kappa shape index (κ1) is 16.3. The highest BCUT2D eigenvalue weighted by molar-refractivity contribution is 7.90. The zero-order chi connectivity index (χ0) is 15.6. The van der Waals surface area contributed by atoms with Crippen LogP contribution in [-0.2, 0) is 9.84 Å². The number of likely N-dealkylation sites (tertiary alicyclic amines) is 1. The molecule has 1 aliphatic rings. The highest BCUT2D eigenvalue weighted by atomic mass is 35.5. The van der Waals surface area contributed by atoms with Gasteiger partial charge in [0.2, 0.25) is 0 Å². The van der Waals surface area contributed by atoms with E-state index >= 15 is 0 Å². The third kappa shape index (κ3) is 3.75. The van der Waals surface area contributed by atoms with E-state index in [1.807, 2.05) is 7.05 Å². The first-order valence-electron chi connectivity index (χ1n) is 6.79. The van der Waals surface area contributed by atoms with Crippen molar-refractivity contribution in [3.05, 3.63) is 28.8 Å². The number of carbonyl (C=O) groups is 1. The van der Waals surface area contributed by atoms with Gasteiger partial charge in [0.15, 0.2) is 9.84 Å². The van der Waals surface area contributed by atoms with Gasteiger partial charge in [-0.05, 0) is 38.1 Å². The van der Waals surface area contributed by atoms with Crippen LogP contribution >= 0.6 is 11.6 Å². The van der Waals surface area contributed by atoms with Gasteiger partial charge in [0.1, 0.15) is 0 Å². The minimum absolute atomic E-state index is 0.109. The molecule has 0 bridgehead atoms. The van der Waals surface area contributed by atoms with Gasteiger partial charge in [-0.15, -0.1) is 0 Å². The molecule has 116 valence electrons.